The van der Waals surface area contributed by atoms with E-state index in [2.05, 4.69) is 15.6 Å². The molecule has 0 aliphatic heterocycles. The van der Waals surface area contributed by atoms with Crippen LogP contribution in [0.2, 0.25) is 0 Å². The molecule has 0 fully saturated rings. The molecule has 3 N–H and O–H groups in total. The number of aliphatic imine (C=N–C) groups is 1. The minimum absolute atomic E-state index is 0. The molecule has 0 aromatic heterocycles. The number of amides is 1. The fraction of sp³-hybridized carbons (Fsp3) is 0.333. The van der Waals surface area contributed by atoms with Crippen molar-refractivity contribution < 1.29 is 14.6 Å². The molecule has 0 saturated heterocycles. The number of halogens is 1. The lowest BCUT2D eigenvalue weighted by molar-refractivity contribution is 0.0955. The summed E-state index contributed by atoms with van der Waals surface area (Å²) >= 11 is 0. The quantitative estimate of drug-likeness (QED) is 0.219. The Balaban J connectivity index is 0.00000420. The van der Waals surface area contributed by atoms with E-state index in [-0.39, 0.29) is 35.6 Å². The van der Waals surface area contributed by atoms with Crippen LogP contribution in [0.5, 0.6) is 11.5 Å². The van der Waals surface area contributed by atoms with Crippen molar-refractivity contribution in [2.75, 3.05) is 33.8 Å². The van der Waals surface area contributed by atoms with Gasteiger partial charge in [-0.1, -0.05) is 12.1 Å². The SMILES string of the molecule is CCNC(=NCCNC(=O)c1ccc(O)cc1)N(C)Cc1ccc(OC)cc1.I. The molecule has 2 aromatic carbocycles. The third-order valence-electron chi connectivity index (χ3n) is 4.06. The lowest BCUT2D eigenvalue weighted by atomic mass is 10.2. The van der Waals surface area contributed by atoms with Crippen LogP contribution in [-0.4, -0.2) is 55.7 Å². The summed E-state index contributed by atoms with van der Waals surface area (Å²) in [6.45, 7) is 4.36. The number of nitrogens with one attached hydrogen (secondary N) is 2. The van der Waals surface area contributed by atoms with Crippen molar-refractivity contribution >= 4 is 35.8 Å². The summed E-state index contributed by atoms with van der Waals surface area (Å²) in [4.78, 5) is 18.7. The van der Waals surface area contributed by atoms with Crippen molar-refractivity contribution in [3.8, 4) is 11.5 Å². The minimum Gasteiger partial charge on any atom is -0.508 e. The van der Waals surface area contributed by atoms with E-state index in [0.29, 0.717) is 25.2 Å². The first-order valence-corrected chi connectivity index (χ1v) is 9.23. The summed E-state index contributed by atoms with van der Waals surface area (Å²) in [5.41, 5.74) is 1.65. The van der Waals surface area contributed by atoms with Crippen molar-refractivity contribution in [1.29, 1.82) is 0 Å². The zero-order valence-electron chi connectivity index (χ0n) is 17.0. The van der Waals surface area contributed by atoms with Gasteiger partial charge in [0.2, 0.25) is 0 Å². The van der Waals surface area contributed by atoms with Crippen molar-refractivity contribution in [1.82, 2.24) is 15.5 Å². The Morgan fingerprint density at radius 1 is 1.10 bits per heavy atom. The average Bonchev–Trinajstić information content (AvgIpc) is 2.71. The van der Waals surface area contributed by atoms with Crippen LogP contribution < -0.4 is 15.4 Å². The Bertz CT molecular complexity index is 780. The topological polar surface area (TPSA) is 86.2 Å². The van der Waals surface area contributed by atoms with Crippen LogP contribution >= 0.6 is 24.0 Å². The molecule has 1 amide bonds. The van der Waals surface area contributed by atoms with E-state index in [1.165, 1.54) is 12.1 Å². The van der Waals surface area contributed by atoms with Crippen LogP contribution in [0.3, 0.4) is 0 Å². The number of hydrogen-bond donors (Lipinski definition) is 3. The highest BCUT2D eigenvalue weighted by molar-refractivity contribution is 14.0. The van der Waals surface area contributed by atoms with Crippen molar-refractivity contribution in [3.63, 3.8) is 0 Å². The number of ether oxygens (including phenoxy) is 1. The lowest BCUT2D eigenvalue weighted by Crippen LogP contribution is -2.39. The molecule has 29 heavy (non-hydrogen) atoms. The van der Waals surface area contributed by atoms with Crippen LogP contribution in [-0.2, 0) is 6.54 Å². The van der Waals surface area contributed by atoms with E-state index < -0.39 is 0 Å². The molecule has 0 aliphatic rings. The molecule has 2 rings (SSSR count). The van der Waals surface area contributed by atoms with E-state index in [4.69, 9.17) is 4.74 Å². The van der Waals surface area contributed by atoms with Crippen LogP contribution in [0.1, 0.15) is 22.8 Å². The van der Waals surface area contributed by atoms with Gasteiger partial charge in [-0.3, -0.25) is 9.79 Å². The van der Waals surface area contributed by atoms with E-state index in [1.807, 2.05) is 43.1 Å². The Morgan fingerprint density at radius 3 is 2.34 bits per heavy atom. The monoisotopic (exact) mass is 512 g/mol. The van der Waals surface area contributed by atoms with Gasteiger partial charge in [0.15, 0.2) is 5.96 Å². The van der Waals surface area contributed by atoms with Crippen molar-refractivity contribution in [2.45, 2.75) is 13.5 Å². The molecule has 0 bridgehead atoms. The summed E-state index contributed by atoms with van der Waals surface area (Å²) in [5, 5.41) is 15.4. The zero-order valence-corrected chi connectivity index (χ0v) is 19.3. The maximum absolute atomic E-state index is 12.1. The first-order valence-electron chi connectivity index (χ1n) is 9.23. The van der Waals surface area contributed by atoms with Crippen molar-refractivity contribution in [2.24, 2.45) is 4.99 Å². The Hall–Kier alpha value is -2.49. The second-order valence-corrected chi connectivity index (χ2v) is 6.24. The van der Waals surface area contributed by atoms with Gasteiger partial charge in [0.25, 0.3) is 5.91 Å². The third-order valence-corrected chi connectivity index (χ3v) is 4.06. The van der Waals surface area contributed by atoms with Crippen LogP contribution in [0.25, 0.3) is 0 Å². The number of benzene rings is 2. The fourth-order valence-electron chi connectivity index (χ4n) is 2.60. The van der Waals surface area contributed by atoms with Crippen LogP contribution in [0.15, 0.2) is 53.5 Å². The number of aromatic hydroxyl groups is 1. The number of rotatable bonds is 8. The number of methoxy groups -OCH3 is 1. The number of phenolic OH excluding ortho intramolecular Hbond substituents is 1. The molecule has 0 saturated carbocycles. The second kappa shape index (κ2) is 12.9. The highest BCUT2D eigenvalue weighted by atomic mass is 127. The number of carbonyl (C=O) groups excluding carboxylic acids is 1. The summed E-state index contributed by atoms with van der Waals surface area (Å²) in [7, 11) is 3.62. The van der Waals surface area contributed by atoms with Gasteiger partial charge < -0.3 is 25.4 Å². The predicted octanol–water partition coefficient (Wildman–Crippen LogP) is 2.85. The van der Waals surface area contributed by atoms with Gasteiger partial charge in [-0.05, 0) is 48.9 Å². The van der Waals surface area contributed by atoms with Gasteiger partial charge in [-0.2, -0.15) is 0 Å². The number of nitrogens with zero attached hydrogens (tertiary/aromatic N) is 2. The van der Waals surface area contributed by atoms with E-state index >= 15 is 0 Å². The lowest BCUT2D eigenvalue weighted by Gasteiger charge is -2.22. The van der Waals surface area contributed by atoms with Crippen LogP contribution in [0.4, 0.5) is 0 Å². The standard InChI is InChI=1S/C21H28N4O3.HI/c1-4-22-21(25(2)15-16-5-11-19(28-3)12-6-16)24-14-13-23-20(27)17-7-9-18(26)10-8-17;/h5-12,26H,4,13-15H2,1-3H3,(H,22,24)(H,23,27);1H. The molecule has 8 heteroatoms. The molecule has 7 nitrogen and oxygen atoms in total. The first-order chi connectivity index (χ1) is 13.5. The Morgan fingerprint density at radius 2 is 1.76 bits per heavy atom. The zero-order chi connectivity index (χ0) is 20.4. The van der Waals surface area contributed by atoms with Gasteiger partial charge in [0.05, 0.1) is 13.7 Å². The van der Waals surface area contributed by atoms with E-state index in [0.717, 1.165) is 23.8 Å². The summed E-state index contributed by atoms with van der Waals surface area (Å²) < 4.78 is 5.19. The smallest absolute Gasteiger partial charge is 0.251 e. The maximum Gasteiger partial charge on any atom is 0.251 e. The predicted molar refractivity (Wildman–Crippen MR) is 126 cm³/mol. The second-order valence-electron chi connectivity index (χ2n) is 6.24. The number of hydrogen-bond acceptors (Lipinski definition) is 4. The molecular weight excluding hydrogens is 483 g/mol. The largest absolute Gasteiger partial charge is 0.508 e. The first kappa shape index (κ1) is 24.5. The van der Waals surface area contributed by atoms with Gasteiger partial charge in [0, 0.05) is 32.2 Å². The number of carbonyl (C=O) groups is 1. The van der Waals surface area contributed by atoms with Gasteiger partial charge in [-0.25, -0.2) is 0 Å². The molecule has 158 valence electrons. The molecule has 0 spiro atoms. The third kappa shape index (κ3) is 8.18. The van der Waals surface area contributed by atoms with Gasteiger partial charge in [-0.15, -0.1) is 24.0 Å². The maximum atomic E-state index is 12.1. The molecule has 0 radical (unpaired) electrons. The average molecular weight is 512 g/mol. The summed E-state index contributed by atoms with van der Waals surface area (Å²) in [5.74, 6) is 1.55. The normalized spacial score (nSPS) is 10.7. The number of guanidine groups is 1. The molecule has 0 aliphatic carbocycles. The highest BCUT2D eigenvalue weighted by Crippen LogP contribution is 2.12. The molecular formula is C21H29IN4O3. The summed E-state index contributed by atoms with van der Waals surface area (Å²) in [6, 6.07) is 14.1. The van der Waals surface area contributed by atoms with E-state index in [9.17, 15) is 9.90 Å². The number of phenols is 1. The van der Waals surface area contributed by atoms with Gasteiger partial charge >= 0.3 is 0 Å². The van der Waals surface area contributed by atoms with Crippen molar-refractivity contribution in [3.05, 3.63) is 59.7 Å². The highest BCUT2D eigenvalue weighted by Gasteiger charge is 2.08. The molecule has 0 unspecified atom stereocenters. The summed E-state index contributed by atoms with van der Waals surface area (Å²) in [6.07, 6.45) is 0. The Labute approximate surface area is 189 Å². The molecule has 2 aromatic rings. The minimum atomic E-state index is -0.188. The van der Waals surface area contributed by atoms with Gasteiger partial charge in [0.1, 0.15) is 11.5 Å². The van der Waals surface area contributed by atoms with E-state index in [1.54, 1.807) is 19.2 Å². The Kier molecular flexibility index (Phi) is 10.9. The molecule has 0 heterocycles. The molecule has 0 atom stereocenters. The fourth-order valence-corrected chi connectivity index (χ4v) is 2.60. The van der Waals surface area contributed by atoms with Crippen LogP contribution in [0, 0.1) is 0 Å².